The molecule has 2 saturated carbocycles. The molecule has 4 aromatic carbocycles. The van der Waals surface area contributed by atoms with E-state index in [0.717, 1.165) is 89.3 Å². The van der Waals surface area contributed by atoms with Gasteiger partial charge in [0.05, 0.1) is 14.2 Å². The molecule has 8 heteroatoms. The predicted octanol–water partition coefficient (Wildman–Crippen LogP) is 12.7. The van der Waals surface area contributed by atoms with Gasteiger partial charge in [0.25, 0.3) is 0 Å². The molecule has 2 aliphatic carbocycles. The summed E-state index contributed by atoms with van der Waals surface area (Å²) < 4.78 is 45.0. The summed E-state index contributed by atoms with van der Waals surface area (Å²) in [5.41, 5.74) is 15.5. The maximum atomic E-state index is 12.8. The van der Waals surface area contributed by atoms with Crippen LogP contribution in [0.1, 0.15) is 140 Å². The Labute approximate surface area is 342 Å². The van der Waals surface area contributed by atoms with Gasteiger partial charge in [-0.15, -0.1) is 0 Å². The monoisotopic (exact) mass is 874 g/mol. The molecule has 0 aromatic heterocycles. The number of benzene rings is 4. The Balaban J connectivity index is 0.000000220. The molecule has 0 heterocycles. The van der Waals surface area contributed by atoms with Crippen molar-refractivity contribution in [3.05, 3.63) is 95.6 Å². The SMILES string of the molecule is COc1[c]c(-c2c(C(C)C)cc(C(C)C)cc2C(C)C)c(OC)cc1.CS(=O)(=O)[O][Pd]([c]1ccccc1-c1ccccc1N)([CH]1CCCCC1)[CH]1CCCCC1. The van der Waals surface area contributed by atoms with Crippen LogP contribution in [-0.4, -0.2) is 28.9 Å². The Bertz CT molecular complexity index is 1960. The third-order valence-corrected chi connectivity index (χ3v) is 21.6. The Morgan fingerprint density at radius 3 is 1.66 bits per heavy atom. The molecule has 0 bridgehead atoms. The number of nitrogens with two attached hydrogens (primary N) is 1. The molecule has 6 nitrogen and oxygen atoms in total. The van der Waals surface area contributed by atoms with Crippen LogP contribution in [-0.2, 0) is 28.9 Å². The molecule has 0 spiro atoms. The van der Waals surface area contributed by atoms with E-state index >= 15 is 0 Å². The van der Waals surface area contributed by atoms with Gasteiger partial charge in [-0.25, -0.2) is 0 Å². The predicted molar refractivity (Wildman–Crippen MR) is 232 cm³/mol. The van der Waals surface area contributed by atoms with Crippen LogP contribution in [0.15, 0.2) is 72.8 Å². The number of para-hydroxylation sites is 1. The van der Waals surface area contributed by atoms with E-state index in [9.17, 15) is 8.42 Å². The van der Waals surface area contributed by atoms with E-state index in [1.165, 1.54) is 41.4 Å². The topological polar surface area (TPSA) is 87.8 Å². The molecule has 6 rings (SSSR count). The van der Waals surface area contributed by atoms with Crippen molar-refractivity contribution in [3.8, 4) is 33.8 Å². The zero-order valence-electron chi connectivity index (χ0n) is 35.2. The molecule has 309 valence electrons. The molecule has 56 heavy (non-hydrogen) atoms. The number of methoxy groups -OCH3 is 2. The standard InChI is InChI=1S/C23H31O2.C12H10N.2C6H11.CH4O3S.Pd/c1-14(2)17-11-19(15(3)4)23(20(12-17)16(5)6)21-13-18(24-7)9-10-22(21)25-8;13-12-9-5-4-8-11(12)10-6-2-1-3-7-10;2*1-2-4-6-5-3-1;1-5(2,3)4;/h9-12,14-16H,1-8H3;1-6,8-9H,13H2;2*1H,2-6H2;1H3,(H,2,3,4);/q;;;;;+1/p-1. The van der Waals surface area contributed by atoms with Crippen LogP contribution in [0.3, 0.4) is 0 Å². The molecule has 0 unspecified atom stereocenters. The Morgan fingerprint density at radius 2 is 1.20 bits per heavy atom. The summed E-state index contributed by atoms with van der Waals surface area (Å²) in [5, 5.41) is 0. The number of hydrogen-bond acceptors (Lipinski definition) is 6. The van der Waals surface area contributed by atoms with E-state index in [0.29, 0.717) is 26.5 Å². The van der Waals surface area contributed by atoms with E-state index in [1.54, 1.807) is 14.2 Å². The zero-order valence-corrected chi connectivity index (χ0v) is 37.6. The molecule has 1 radical (unpaired) electrons. The molecule has 0 amide bonds. The van der Waals surface area contributed by atoms with Gasteiger partial charge in [0.2, 0.25) is 0 Å². The fraction of sp³-hybridized carbons (Fsp3) is 0.500. The van der Waals surface area contributed by atoms with Gasteiger partial charge < -0.3 is 9.47 Å². The fourth-order valence-electron chi connectivity index (χ4n) is 8.16. The summed E-state index contributed by atoms with van der Waals surface area (Å²) in [6.07, 6.45) is 12.7. The van der Waals surface area contributed by atoms with Crippen LogP contribution >= 0.6 is 0 Å². The average Bonchev–Trinajstić information content (AvgIpc) is 3.20. The molecular weight excluding hydrogens is 809 g/mol. The van der Waals surface area contributed by atoms with Crippen molar-refractivity contribution in [2.24, 2.45) is 0 Å². The normalized spacial score (nSPS) is 16.1. The second kappa shape index (κ2) is 19.5. The third-order valence-electron chi connectivity index (χ3n) is 11.0. The average molecular weight is 876 g/mol. The van der Waals surface area contributed by atoms with Crippen molar-refractivity contribution in [3.63, 3.8) is 0 Å². The van der Waals surface area contributed by atoms with E-state index in [1.807, 2.05) is 36.4 Å². The quantitative estimate of drug-likeness (QED) is 0.113. The molecule has 4 aromatic rings. The number of ether oxygens (including phenoxy) is 2. The van der Waals surface area contributed by atoms with Crippen molar-refractivity contribution in [2.75, 3.05) is 26.2 Å². The van der Waals surface area contributed by atoms with Gasteiger partial charge in [-0.05, 0) is 52.1 Å². The third kappa shape index (κ3) is 10.1. The summed E-state index contributed by atoms with van der Waals surface area (Å²) >= 11 is -3.06. The Kier molecular flexibility index (Phi) is 15.3. The van der Waals surface area contributed by atoms with Crippen LogP contribution in [0.25, 0.3) is 22.3 Å². The van der Waals surface area contributed by atoms with E-state index in [-0.39, 0.29) is 0 Å². The van der Waals surface area contributed by atoms with Crippen molar-refractivity contribution >= 4 is 19.8 Å². The molecule has 0 atom stereocenters. The Morgan fingerprint density at radius 1 is 0.679 bits per heavy atom. The number of nitrogen functional groups attached to an aromatic ring is 1. The van der Waals surface area contributed by atoms with E-state index < -0.39 is 26.0 Å². The summed E-state index contributed by atoms with van der Waals surface area (Å²) in [4.78, 5) is 0. The number of anilines is 1. The first kappa shape index (κ1) is 44.0. The number of rotatable bonds is 12. The molecular formula is C48H66NO5PdS. The van der Waals surface area contributed by atoms with Crippen LogP contribution in [0.2, 0.25) is 8.78 Å². The van der Waals surface area contributed by atoms with E-state index in [2.05, 4.69) is 84.0 Å². The summed E-state index contributed by atoms with van der Waals surface area (Å²) in [6, 6.07) is 28.3. The van der Waals surface area contributed by atoms with Gasteiger partial charge in [-0.3, -0.25) is 0 Å². The van der Waals surface area contributed by atoms with Gasteiger partial charge in [0.15, 0.2) is 0 Å². The minimum absolute atomic E-state index is 0.335. The molecule has 2 N–H and O–H groups in total. The van der Waals surface area contributed by atoms with Crippen molar-refractivity contribution in [1.82, 2.24) is 0 Å². The molecule has 2 fully saturated rings. The first-order valence-electron chi connectivity index (χ1n) is 20.5. The number of hydrogen-bond donors (Lipinski definition) is 1. The summed E-state index contributed by atoms with van der Waals surface area (Å²) in [7, 11) is -0.211. The fourth-order valence-corrected chi connectivity index (χ4v) is 20.6. The van der Waals surface area contributed by atoms with Crippen molar-refractivity contribution < 1.29 is 36.7 Å². The molecule has 2 aliphatic rings. The van der Waals surface area contributed by atoms with E-state index in [4.69, 9.17) is 18.1 Å². The Hall–Kier alpha value is -3.15. The van der Waals surface area contributed by atoms with Gasteiger partial charge in [0.1, 0.15) is 11.5 Å². The molecule has 0 saturated heterocycles. The van der Waals surface area contributed by atoms with Crippen LogP contribution in [0.4, 0.5) is 5.69 Å². The summed E-state index contributed by atoms with van der Waals surface area (Å²) in [5.74, 6) is 2.89. The van der Waals surface area contributed by atoms with Gasteiger partial charge in [0, 0.05) is 11.6 Å². The van der Waals surface area contributed by atoms with Gasteiger partial charge >= 0.3 is 192 Å². The van der Waals surface area contributed by atoms with Crippen LogP contribution in [0, 0.1) is 6.07 Å². The molecule has 0 aliphatic heterocycles. The van der Waals surface area contributed by atoms with Crippen LogP contribution in [0.5, 0.6) is 11.5 Å². The maximum absolute atomic E-state index is 12.8. The minimum atomic E-state index is -3.60. The first-order chi connectivity index (χ1) is 26.7. The first-order valence-corrected chi connectivity index (χ1v) is 25.5. The summed E-state index contributed by atoms with van der Waals surface area (Å²) in [6.45, 7) is 13.5. The van der Waals surface area contributed by atoms with Gasteiger partial charge in [-0.1, -0.05) is 53.7 Å². The van der Waals surface area contributed by atoms with Gasteiger partial charge in [-0.2, -0.15) is 0 Å². The zero-order chi connectivity index (χ0) is 40.6. The second-order valence-electron chi connectivity index (χ2n) is 16.2. The van der Waals surface area contributed by atoms with Crippen LogP contribution < -0.4 is 19.2 Å². The second-order valence-corrected chi connectivity index (χ2v) is 24.3. The van der Waals surface area contributed by atoms with Crippen molar-refractivity contribution in [2.45, 2.75) is 132 Å². The van der Waals surface area contributed by atoms with Crippen molar-refractivity contribution in [1.29, 1.82) is 0 Å².